The minimum absolute atomic E-state index is 0.155. The Hall–Kier alpha value is -1.36. The van der Waals surface area contributed by atoms with E-state index < -0.39 is 15.1 Å². The molecular weight excluding hydrogens is 212 g/mol. The molecule has 1 N–H and O–H groups in total. The van der Waals surface area contributed by atoms with Crippen molar-refractivity contribution in [1.82, 2.24) is 5.43 Å². The summed E-state index contributed by atoms with van der Waals surface area (Å²) in [4.78, 5) is 0. The van der Waals surface area contributed by atoms with Crippen molar-refractivity contribution in [3.8, 4) is 0 Å². The van der Waals surface area contributed by atoms with Gasteiger partial charge in [-0.3, -0.25) is 0 Å². The van der Waals surface area contributed by atoms with Crippen LogP contribution in [0.2, 0.25) is 0 Å². The van der Waals surface area contributed by atoms with Gasteiger partial charge in [-0.15, -0.1) is 0 Å². The fourth-order valence-corrected chi connectivity index (χ4v) is 3.00. The van der Waals surface area contributed by atoms with Crippen LogP contribution in [0.3, 0.4) is 0 Å². The first kappa shape index (κ1) is 10.2. The van der Waals surface area contributed by atoms with Gasteiger partial charge in [0.05, 0.1) is 6.54 Å². The van der Waals surface area contributed by atoms with E-state index in [4.69, 9.17) is 0 Å². The predicted octanol–water partition coefficient (Wildman–Crippen LogP) is 1.08. The molecular formula is C10H12N2O2S. The van der Waals surface area contributed by atoms with Gasteiger partial charge in [-0.05, 0) is 12.5 Å². The number of sulfone groups is 1. The highest BCUT2D eigenvalue weighted by molar-refractivity contribution is 8.06. The first-order chi connectivity index (χ1) is 7.12. The molecule has 4 nitrogen and oxygen atoms in total. The van der Waals surface area contributed by atoms with Gasteiger partial charge in [-0.1, -0.05) is 30.3 Å². The lowest BCUT2D eigenvalue weighted by Gasteiger charge is -2.21. The number of nitrogens with one attached hydrogen (secondary N) is 1. The van der Waals surface area contributed by atoms with Gasteiger partial charge in [-0.25, -0.2) is 8.42 Å². The highest BCUT2D eigenvalue weighted by Crippen LogP contribution is 2.25. The Bertz CT molecular complexity index is 479. The maximum Gasteiger partial charge on any atom is 0.201 e. The van der Waals surface area contributed by atoms with Crippen LogP contribution in [0.25, 0.3) is 0 Å². The molecule has 0 bridgehead atoms. The average molecular weight is 224 g/mol. The summed E-state index contributed by atoms with van der Waals surface area (Å²) in [5, 5.41) is 3.37. The van der Waals surface area contributed by atoms with Crippen LogP contribution in [-0.2, 0) is 9.84 Å². The van der Waals surface area contributed by atoms with E-state index in [-0.39, 0.29) is 5.04 Å². The van der Waals surface area contributed by atoms with Gasteiger partial charge in [-0.2, -0.15) is 5.10 Å². The fraction of sp³-hybridized carbons (Fsp3) is 0.300. The van der Waals surface area contributed by atoms with Crippen LogP contribution in [0, 0.1) is 0 Å². The fourth-order valence-electron chi connectivity index (χ4n) is 1.58. The van der Waals surface area contributed by atoms with E-state index in [1.54, 1.807) is 0 Å². The zero-order chi connectivity index (χ0) is 10.9. The molecule has 2 rings (SSSR count). The van der Waals surface area contributed by atoms with Crippen molar-refractivity contribution in [2.24, 2.45) is 5.10 Å². The Balaban J connectivity index is 2.45. The van der Waals surface area contributed by atoms with Gasteiger partial charge in [0.1, 0.15) is 10.3 Å². The molecule has 15 heavy (non-hydrogen) atoms. The van der Waals surface area contributed by atoms with Gasteiger partial charge >= 0.3 is 0 Å². The minimum atomic E-state index is -3.27. The van der Waals surface area contributed by atoms with Crippen LogP contribution in [0.1, 0.15) is 17.7 Å². The number of nitrogens with zero attached hydrogens (tertiary/aromatic N) is 1. The summed E-state index contributed by atoms with van der Waals surface area (Å²) >= 11 is 0. The molecule has 5 heteroatoms. The molecule has 0 saturated heterocycles. The zero-order valence-corrected chi connectivity index (χ0v) is 9.16. The summed E-state index contributed by atoms with van der Waals surface area (Å²) in [6.45, 7) is 1.85. The number of benzene rings is 1. The van der Waals surface area contributed by atoms with Crippen LogP contribution in [0.4, 0.5) is 0 Å². The predicted molar refractivity (Wildman–Crippen MR) is 59.2 cm³/mol. The van der Waals surface area contributed by atoms with E-state index in [9.17, 15) is 8.42 Å². The monoisotopic (exact) mass is 224 g/mol. The summed E-state index contributed by atoms with van der Waals surface area (Å²) in [6.07, 6.45) is 0. The molecule has 1 heterocycles. The molecule has 0 spiro atoms. The van der Waals surface area contributed by atoms with Gasteiger partial charge in [0, 0.05) is 0 Å². The summed E-state index contributed by atoms with van der Waals surface area (Å²) in [6, 6.07) is 9.19. The second-order valence-corrected chi connectivity index (χ2v) is 5.69. The smallest absolute Gasteiger partial charge is 0.201 e. The van der Waals surface area contributed by atoms with Gasteiger partial charge in [0.25, 0.3) is 0 Å². The first-order valence-corrected chi connectivity index (χ1v) is 6.23. The van der Waals surface area contributed by atoms with Crippen molar-refractivity contribution in [3.05, 3.63) is 35.9 Å². The molecule has 0 aromatic heterocycles. The molecule has 0 saturated carbocycles. The largest absolute Gasteiger partial charge is 0.307 e. The maximum atomic E-state index is 11.9. The molecule has 80 valence electrons. The van der Waals surface area contributed by atoms with Crippen molar-refractivity contribution in [2.45, 2.75) is 12.2 Å². The van der Waals surface area contributed by atoms with Crippen LogP contribution in [0.5, 0.6) is 0 Å². The van der Waals surface area contributed by atoms with E-state index in [2.05, 4.69) is 10.5 Å². The standard InChI is InChI=1S/C10H12N2O2S/c1-8-12-11-7-10(15(8,13)14)9-5-3-2-4-6-9/h2-6,10-11H,7H2,1H3. The molecule has 1 atom stereocenters. The summed E-state index contributed by atoms with van der Waals surface area (Å²) < 4.78 is 23.9. The molecule has 0 radical (unpaired) electrons. The lowest BCUT2D eigenvalue weighted by atomic mass is 10.1. The highest BCUT2D eigenvalue weighted by atomic mass is 32.2. The van der Waals surface area contributed by atoms with Crippen molar-refractivity contribution in [3.63, 3.8) is 0 Å². The molecule has 0 aliphatic carbocycles. The Morgan fingerprint density at radius 2 is 2.00 bits per heavy atom. The Morgan fingerprint density at radius 3 is 2.67 bits per heavy atom. The molecule has 0 fully saturated rings. The van der Waals surface area contributed by atoms with E-state index >= 15 is 0 Å². The average Bonchev–Trinajstić information content (AvgIpc) is 2.23. The Morgan fingerprint density at radius 1 is 1.33 bits per heavy atom. The molecule has 1 aliphatic heterocycles. The number of hydrogen-bond acceptors (Lipinski definition) is 4. The third kappa shape index (κ3) is 1.74. The third-order valence-corrected chi connectivity index (χ3v) is 4.57. The molecule has 0 amide bonds. The van der Waals surface area contributed by atoms with Crippen LogP contribution < -0.4 is 5.43 Å². The van der Waals surface area contributed by atoms with Crippen molar-refractivity contribution in [1.29, 1.82) is 0 Å². The first-order valence-electron chi connectivity index (χ1n) is 4.68. The topological polar surface area (TPSA) is 58.5 Å². The Kier molecular flexibility index (Phi) is 2.48. The molecule has 1 unspecified atom stereocenters. The van der Waals surface area contributed by atoms with Gasteiger partial charge < -0.3 is 5.43 Å². The van der Waals surface area contributed by atoms with Crippen LogP contribution >= 0.6 is 0 Å². The van der Waals surface area contributed by atoms with E-state index in [1.165, 1.54) is 6.92 Å². The molecule has 1 aromatic carbocycles. The van der Waals surface area contributed by atoms with Crippen molar-refractivity contribution < 1.29 is 8.42 Å². The van der Waals surface area contributed by atoms with Crippen molar-refractivity contribution in [2.75, 3.05) is 6.54 Å². The van der Waals surface area contributed by atoms with Crippen molar-refractivity contribution >= 4 is 14.9 Å². The number of hydrazone groups is 1. The second kappa shape index (κ2) is 3.66. The maximum absolute atomic E-state index is 11.9. The van der Waals surface area contributed by atoms with Gasteiger partial charge in [0.2, 0.25) is 9.84 Å². The lowest BCUT2D eigenvalue weighted by Crippen LogP contribution is -2.34. The minimum Gasteiger partial charge on any atom is -0.307 e. The second-order valence-electron chi connectivity index (χ2n) is 3.44. The highest BCUT2D eigenvalue weighted by Gasteiger charge is 2.32. The van der Waals surface area contributed by atoms with E-state index in [1.807, 2.05) is 30.3 Å². The third-order valence-electron chi connectivity index (χ3n) is 2.47. The number of rotatable bonds is 1. The Labute approximate surface area is 88.9 Å². The van der Waals surface area contributed by atoms with E-state index in [0.29, 0.717) is 6.54 Å². The summed E-state index contributed by atoms with van der Waals surface area (Å²) in [5.74, 6) is 0. The number of hydrogen-bond donors (Lipinski definition) is 1. The van der Waals surface area contributed by atoms with E-state index in [0.717, 1.165) is 5.56 Å². The van der Waals surface area contributed by atoms with Gasteiger partial charge in [0.15, 0.2) is 0 Å². The van der Waals surface area contributed by atoms with Crippen LogP contribution in [-0.4, -0.2) is 20.0 Å². The van der Waals surface area contributed by atoms with Crippen LogP contribution in [0.15, 0.2) is 35.4 Å². The quantitative estimate of drug-likeness (QED) is 0.776. The lowest BCUT2D eigenvalue weighted by molar-refractivity contribution is 0.576. The molecule has 1 aliphatic rings. The molecule has 1 aromatic rings. The normalized spacial score (nSPS) is 24.1. The summed E-state index contributed by atoms with van der Waals surface area (Å²) in [5.41, 5.74) is 3.55. The summed E-state index contributed by atoms with van der Waals surface area (Å²) in [7, 11) is -3.27. The SMILES string of the molecule is CC1=NNCC(c2ccccc2)S1(=O)=O. The zero-order valence-electron chi connectivity index (χ0n) is 8.34.